The summed E-state index contributed by atoms with van der Waals surface area (Å²) in [6.45, 7) is 8.10. The second kappa shape index (κ2) is 2.80. The summed E-state index contributed by atoms with van der Waals surface area (Å²) < 4.78 is 0. The van der Waals surface area contributed by atoms with Crippen molar-refractivity contribution in [1.29, 1.82) is 0 Å². The van der Waals surface area contributed by atoms with Gasteiger partial charge < -0.3 is 0 Å². The minimum absolute atomic E-state index is 0.106. The van der Waals surface area contributed by atoms with E-state index in [0.29, 0.717) is 12.2 Å². The third-order valence-electron chi connectivity index (χ3n) is 2.80. The van der Waals surface area contributed by atoms with Crippen LogP contribution in [0.4, 0.5) is 0 Å². The molecule has 1 unspecified atom stereocenters. The van der Waals surface area contributed by atoms with Crippen molar-refractivity contribution < 1.29 is 4.79 Å². The SMILES string of the molecule is C=C(C)C1(C)CCCC(=O)C1. The van der Waals surface area contributed by atoms with E-state index >= 15 is 0 Å². The molecule has 0 N–H and O–H groups in total. The molecule has 0 bridgehead atoms. The van der Waals surface area contributed by atoms with Gasteiger partial charge in [-0.2, -0.15) is 0 Å². The Bertz CT molecular complexity index is 193. The first-order valence-electron chi connectivity index (χ1n) is 4.22. The highest BCUT2D eigenvalue weighted by molar-refractivity contribution is 5.80. The molecule has 1 nitrogen and oxygen atoms in total. The molecule has 11 heavy (non-hydrogen) atoms. The van der Waals surface area contributed by atoms with E-state index in [9.17, 15) is 4.79 Å². The Morgan fingerprint density at radius 1 is 1.64 bits per heavy atom. The third-order valence-corrected chi connectivity index (χ3v) is 2.80. The van der Waals surface area contributed by atoms with E-state index in [1.165, 1.54) is 0 Å². The fraction of sp³-hybridized carbons (Fsp3) is 0.700. The lowest BCUT2D eigenvalue weighted by molar-refractivity contribution is -0.122. The number of allylic oxidation sites excluding steroid dienone is 1. The molecule has 1 rings (SSSR count). The largest absolute Gasteiger partial charge is 0.300 e. The van der Waals surface area contributed by atoms with Crippen LogP contribution in [0.25, 0.3) is 0 Å². The normalized spacial score (nSPS) is 32.0. The van der Waals surface area contributed by atoms with E-state index < -0.39 is 0 Å². The van der Waals surface area contributed by atoms with Gasteiger partial charge in [0.1, 0.15) is 5.78 Å². The minimum Gasteiger partial charge on any atom is -0.300 e. The van der Waals surface area contributed by atoms with E-state index in [4.69, 9.17) is 0 Å². The summed E-state index contributed by atoms with van der Waals surface area (Å²) in [7, 11) is 0. The summed E-state index contributed by atoms with van der Waals surface area (Å²) in [6.07, 6.45) is 3.67. The standard InChI is InChI=1S/C10H16O/c1-8(2)10(3)6-4-5-9(11)7-10/h1,4-7H2,2-3H3. The second-order valence-electron chi connectivity index (χ2n) is 3.91. The highest BCUT2D eigenvalue weighted by Crippen LogP contribution is 2.39. The van der Waals surface area contributed by atoms with Crippen molar-refractivity contribution in [3.63, 3.8) is 0 Å². The zero-order chi connectivity index (χ0) is 8.48. The van der Waals surface area contributed by atoms with Gasteiger partial charge in [-0.15, -0.1) is 0 Å². The van der Waals surface area contributed by atoms with Gasteiger partial charge in [-0.05, 0) is 25.2 Å². The molecule has 0 spiro atoms. The van der Waals surface area contributed by atoms with Crippen molar-refractivity contribution in [3.05, 3.63) is 12.2 Å². The first-order valence-corrected chi connectivity index (χ1v) is 4.22. The molecule has 0 amide bonds. The molecular weight excluding hydrogens is 136 g/mol. The van der Waals surface area contributed by atoms with Crippen LogP contribution in [-0.2, 0) is 4.79 Å². The summed E-state index contributed by atoms with van der Waals surface area (Å²) >= 11 is 0. The Labute approximate surface area is 68.5 Å². The molecule has 0 aliphatic heterocycles. The smallest absolute Gasteiger partial charge is 0.133 e. The molecule has 0 aromatic heterocycles. The van der Waals surface area contributed by atoms with Gasteiger partial charge in [-0.1, -0.05) is 19.1 Å². The highest BCUT2D eigenvalue weighted by Gasteiger charge is 2.31. The van der Waals surface area contributed by atoms with E-state index in [1.807, 2.05) is 6.92 Å². The van der Waals surface area contributed by atoms with Crippen LogP contribution in [0.5, 0.6) is 0 Å². The summed E-state index contributed by atoms with van der Waals surface area (Å²) in [4.78, 5) is 11.1. The van der Waals surface area contributed by atoms with Gasteiger partial charge in [0.15, 0.2) is 0 Å². The number of rotatable bonds is 1. The van der Waals surface area contributed by atoms with Gasteiger partial charge in [0, 0.05) is 12.8 Å². The molecule has 62 valence electrons. The Kier molecular flexibility index (Phi) is 2.17. The zero-order valence-corrected chi connectivity index (χ0v) is 7.44. The molecule has 1 fully saturated rings. The maximum absolute atomic E-state index is 11.1. The molecule has 1 aliphatic rings. The van der Waals surface area contributed by atoms with Gasteiger partial charge in [0.05, 0.1) is 0 Å². The maximum Gasteiger partial charge on any atom is 0.133 e. The topological polar surface area (TPSA) is 17.1 Å². The predicted octanol–water partition coefficient (Wildman–Crippen LogP) is 2.71. The van der Waals surface area contributed by atoms with Crippen LogP contribution in [0.15, 0.2) is 12.2 Å². The Balaban J connectivity index is 2.70. The first kappa shape index (κ1) is 8.51. The fourth-order valence-electron chi connectivity index (χ4n) is 1.65. The first-order chi connectivity index (χ1) is 5.04. The quantitative estimate of drug-likeness (QED) is 0.528. The molecule has 0 aromatic carbocycles. The van der Waals surface area contributed by atoms with E-state index in [1.54, 1.807) is 0 Å². The Morgan fingerprint density at radius 3 is 2.64 bits per heavy atom. The number of carbonyl (C=O) groups is 1. The molecule has 1 heteroatoms. The van der Waals surface area contributed by atoms with Crippen LogP contribution in [0, 0.1) is 5.41 Å². The van der Waals surface area contributed by atoms with Crippen molar-refractivity contribution in [2.24, 2.45) is 5.41 Å². The van der Waals surface area contributed by atoms with Crippen molar-refractivity contribution in [2.45, 2.75) is 39.5 Å². The lowest BCUT2D eigenvalue weighted by Gasteiger charge is -2.33. The number of hydrogen-bond acceptors (Lipinski definition) is 1. The van der Waals surface area contributed by atoms with Crippen LogP contribution in [0.3, 0.4) is 0 Å². The van der Waals surface area contributed by atoms with Crippen molar-refractivity contribution in [1.82, 2.24) is 0 Å². The van der Waals surface area contributed by atoms with Gasteiger partial charge in [-0.3, -0.25) is 4.79 Å². The van der Waals surface area contributed by atoms with Crippen LogP contribution in [0.1, 0.15) is 39.5 Å². The van der Waals surface area contributed by atoms with Gasteiger partial charge in [0.25, 0.3) is 0 Å². The summed E-state index contributed by atoms with van der Waals surface area (Å²) in [6, 6.07) is 0. The van der Waals surface area contributed by atoms with E-state index in [2.05, 4.69) is 13.5 Å². The highest BCUT2D eigenvalue weighted by atomic mass is 16.1. The summed E-state index contributed by atoms with van der Waals surface area (Å²) in [5.41, 5.74) is 1.26. The predicted molar refractivity (Wildman–Crippen MR) is 46.4 cm³/mol. The molecule has 0 saturated heterocycles. The number of carbonyl (C=O) groups excluding carboxylic acids is 1. The molecule has 0 heterocycles. The molecule has 1 saturated carbocycles. The van der Waals surface area contributed by atoms with Gasteiger partial charge in [0.2, 0.25) is 0 Å². The van der Waals surface area contributed by atoms with E-state index in [-0.39, 0.29) is 5.41 Å². The van der Waals surface area contributed by atoms with Crippen molar-refractivity contribution >= 4 is 5.78 Å². The van der Waals surface area contributed by atoms with Crippen LogP contribution < -0.4 is 0 Å². The lowest BCUT2D eigenvalue weighted by Crippen LogP contribution is -2.26. The van der Waals surface area contributed by atoms with Crippen LogP contribution >= 0.6 is 0 Å². The molecule has 1 atom stereocenters. The summed E-state index contributed by atoms with van der Waals surface area (Å²) in [5, 5.41) is 0. The molecule has 0 aromatic rings. The minimum atomic E-state index is 0.106. The van der Waals surface area contributed by atoms with Gasteiger partial charge in [-0.25, -0.2) is 0 Å². The average Bonchev–Trinajstić information content (AvgIpc) is 1.86. The third kappa shape index (κ3) is 1.70. The fourth-order valence-corrected chi connectivity index (χ4v) is 1.65. The van der Waals surface area contributed by atoms with Gasteiger partial charge >= 0.3 is 0 Å². The number of hydrogen-bond donors (Lipinski definition) is 0. The Hall–Kier alpha value is -0.590. The average molecular weight is 152 g/mol. The lowest BCUT2D eigenvalue weighted by atomic mass is 9.71. The van der Waals surface area contributed by atoms with Crippen molar-refractivity contribution in [2.75, 3.05) is 0 Å². The number of Topliss-reactive ketones (excluding diaryl/α,β-unsaturated/α-hetero) is 1. The molecule has 1 aliphatic carbocycles. The zero-order valence-electron chi connectivity index (χ0n) is 7.44. The van der Waals surface area contributed by atoms with E-state index in [0.717, 1.165) is 24.8 Å². The second-order valence-corrected chi connectivity index (χ2v) is 3.91. The van der Waals surface area contributed by atoms with Crippen LogP contribution in [0.2, 0.25) is 0 Å². The maximum atomic E-state index is 11.1. The van der Waals surface area contributed by atoms with Crippen LogP contribution in [-0.4, -0.2) is 5.78 Å². The monoisotopic (exact) mass is 152 g/mol. The molecule has 0 radical (unpaired) electrons. The summed E-state index contributed by atoms with van der Waals surface area (Å²) in [5.74, 6) is 0.404. The molecular formula is C10H16O. The number of ketones is 1. The van der Waals surface area contributed by atoms with Crippen molar-refractivity contribution in [3.8, 4) is 0 Å². The Morgan fingerprint density at radius 2 is 2.27 bits per heavy atom.